The number of aliphatic hydroxyl groups is 1. The Hall–Kier alpha value is -3.87. The van der Waals surface area contributed by atoms with Gasteiger partial charge in [0.05, 0.1) is 11.7 Å². The van der Waals surface area contributed by atoms with Crippen molar-refractivity contribution < 1.29 is 32.6 Å². The van der Waals surface area contributed by atoms with Crippen molar-refractivity contribution in [2.75, 3.05) is 23.9 Å². The number of hydrogen-bond acceptors (Lipinski definition) is 8. The molecule has 1 saturated carbocycles. The van der Waals surface area contributed by atoms with Gasteiger partial charge >= 0.3 is 6.09 Å². The molecule has 4 rings (SSSR count). The Balaban J connectivity index is 1.48. The van der Waals surface area contributed by atoms with Crippen molar-refractivity contribution in [1.82, 2.24) is 19.7 Å². The maximum Gasteiger partial charge on any atom is 0.415 e. The average molecular weight is 547 g/mol. The van der Waals surface area contributed by atoms with Gasteiger partial charge in [-0.2, -0.15) is 5.10 Å². The maximum atomic E-state index is 13.7. The molecule has 1 fully saturated rings. The SMILES string of the molecule is CN(C(=O)OC(C)(C)C)c1cc(-c2nc(C(=O)Nc3cn([C@H]4CC[C@H](CO)CC4)nc3C(F)F)co2)ccn1. The largest absolute Gasteiger partial charge is 0.444 e. The van der Waals surface area contributed by atoms with E-state index < -0.39 is 29.7 Å². The van der Waals surface area contributed by atoms with Crippen LogP contribution < -0.4 is 10.2 Å². The van der Waals surface area contributed by atoms with E-state index in [1.54, 1.807) is 32.9 Å². The van der Waals surface area contributed by atoms with Gasteiger partial charge < -0.3 is 19.6 Å². The third kappa shape index (κ3) is 6.77. The molecule has 0 radical (unpaired) electrons. The molecule has 11 nitrogen and oxygen atoms in total. The number of nitrogens with zero attached hydrogens (tertiary/aromatic N) is 5. The van der Waals surface area contributed by atoms with Crippen molar-refractivity contribution in [3.05, 3.63) is 42.2 Å². The number of carbonyl (C=O) groups excluding carboxylic acids is 2. The van der Waals surface area contributed by atoms with Crippen LogP contribution in [0.15, 0.2) is 35.2 Å². The zero-order chi connectivity index (χ0) is 28.3. The van der Waals surface area contributed by atoms with Gasteiger partial charge in [0.15, 0.2) is 11.4 Å². The van der Waals surface area contributed by atoms with E-state index >= 15 is 0 Å². The second-order valence-corrected chi connectivity index (χ2v) is 10.5. The minimum Gasteiger partial charge on any atom is -0.444 e. The van der Waals surface area contributed by atoms with Crippen molar-refractivity contribution in [1.29, 1.82) is 0 Å². The summed E-state index contributed by atoms with van der Waals surface area (Å²) in [4.78, 5) is 34.8. The van der Waals surface area contributed by atoms with Crippen LogP contribution in [-0.4, -0.2) is 56.1 Å². The molecule has 2 N–H and O–H groups in total. The Morgan fingerprint density at radius 3 is 2.64 bits per heavy atom. The summed E-state index contributed by atoms with van der Waals surface area (Å²) in [7, 11) is 1.51. The molecule has 3 aromatic rings. The number of carbonyl (C=O) groups is 2. The Morgan fingerprint density at radius 2 is 2.00 bits per heavy atom. The molecular weight excluding hydrogens is 514 g/mol. The molecular formula is C26H32F2N6O5. The van der Waals surface area contributed by atoms with Crippen LogP contribution in [0, 0.1) is 5.92 Å². The lowest BCUT2D eigenvalue weighted by atomic mass is 9.87. The summed E-state index contributed by atoms with van der Waals surface area (Å²) in [6.07, 6.45) is 3.44. The molecule has 0 bridgehead atoms. The Bertz CT molecular complexity index is 1310. The second kappa shape index (κ2) is 11.5. The number of hydrogen-bond donors (Lipinski definition) is 2. The minimum atomic E-state index is -2.89. The number of ether oxygens (including phenoxy) is 1. The molecule has 0 aliphatic heterocycles. The van der Waals surface area contributed by atoms with Gasteiger partial charge in [-0.1, -0.05) is 0 Å². The van der Waals surface area contributed by atoms with E-state index in [9.17, 15) is 23.5 Å². The second-order valence-electron chi connectivity index (χ2n) is 10.5. The van der Waals surface area contributed by atoms with Crippen LogP contribution in [0.2, 0.25) is 0 Å². The third-order valence-corrected chi connectivity index (χ3v) is 6.40. The van der Waals surface area contributed by atoms with Gasteiger partial charge in [-0.15, -0.1) is 0 Å². The van der Waals surface area contributed by atoms with E-state index in [2.05, 4.69) is 20.4 Å². The first kappa shape index (κ1) is 28.1. The van der Waals surface area contributed by atoms with E-state index in [-0.39, 0.29) is 41.7 Å². The minimum absolute atomic E-state index is 0.0758. The fraction of sp³-hybridized carbons (Fsp3) is 0.500. The molecule has 1 aliphatic rings. The smallest absolute Gasteiger partial charge is 0.415 e. The zero-order valence-corrected chi connectivity index (χ0v) is 22.2. The number of aromatic nitrogens is 4. The van der Waals surface area contributed by atoms with Crippen LogP contribution in [0.3, 0.4) is 0 Å². The van der Waals surface area contributed by atoms with Crippen LogP contribution in [0.5, 0.6) is 0 Å². The Kier molecular flexibility index (Phi) is 8.28. The van der Waals surface area contributed by atoms with E-state index in [0.29, 0.717) is 18.4 Å². The van der Waals surface area contributed by atoms with Gasteiger partial charge in [0.25, 0.3) is 12.3 Å². The molecule has 2 amide bonds. The monoisotopic (exact) mass is 546 g/mol. The normalized spacial score (nSPS) is 17.7. The molecule has 0 saturated heterocycles. The number of oxazole rings is 1. The molecule has 3 aromatic heterocycles. The summed E-state index contributed by atoms with van der Waals surface area (Å²) in [6, 6.07) is 3.04. The summed E-state index contributed by atoms with van der Waals surface area (Å²) >= 11 is 0. The number of aliphatic hydroxyl groups excluding tert-OH is 1. The first-order valence-electron chi connectivity index (χ1n) is 12.6. The Labute approximate surface area is 224 Å². The van der Waals surface area contributed by atoms with Gasteiger partial charge in [-0.05, 0) is 64.5 Å². The number of pyridine rings is 1. The topological polar surface area (TPSA) is 136 Å². The standard InChI is InChI=1S/C26H32F2N6O5/c1-26(2,3)39-25(37)33(4)20-11-16(9-10-29-20)24-31-19(14-38-24)23(36)30-18-12-34(32-21(18)22(27)28)17-7-5-15(13-35)6-8-17/h9-12,14-15,17,22,35H,5-8,13H2,1-4H3,(H,30,36)/t15-,17-. The fourth-order valence-corrected chi connectivity index (χ4v) is 4.30. The number of rotatable bonds is 7. The van der Waals surface area contributed by atoms with Crippen molar-refractivity contribution in [2.45, 2.75) is 64.5 Å². The van der Waals surface area contributed by atoms with Crippen molar-refractivity contribution >= 4 is 23.5 Å². The predicted molar refractivity (Wildman–Crippen MR) is 138 cm³/mol. The van der Waals surface area contributed by atoms with Gasteiger partial charge in [-0.3, -0.25) is 14.4 Å². The number of amides is 2. The molecule has 0 spiro atoms. The maximum absolute atomic E-state index is 13.7. The van der Waals surface area contributed by atoms with Gasteiger partial charge in [0.2, 0.25) is 5.89 Å². The number of halogens is 2. The number of nitrogens with one attached hydrogen (secondary N) is 1. The molecule has 0 aromatic carbocycles. The average Bonchev–Trinajstić information content (AvgIpc) is 3.55. The van der Waals surface area contributed by atoms with Gasteiger partial charge in [0.1, 0.15) is 17.7 Å². The lowest BCUT2D eigenvalue weighted by Crippen LogP contribution is -2.34. The van der Waals surface area contributed by atoms with Crippen LogP contribution in [0.4, 0.5) is 25.1 Å². The third-order valence-electron chi connectivity index (χ3n) is 6.40. The first-order valence-corrected chi connectivity index (χ1v) is 12.6. The Morgan fingerprint density at radius 1 is 1.28 bits per heavy atom. The van der Waals surface area contributed by atoms with E-state index in [0.717, 1.165) is 19.1 Å². The summed E-state index contributed by atoms with van der Waals surface area (Å²) in [5.41, 5.74) is -1.00. The summed E-state index contributed by atoms with van der Waals surface area (Å²) < 4.78 is 39.7. The highest BCUT2D eigenvalue weighted by Gasteiger charge is 2.27. The highest BCUT2D eigenvalue weighted by Crippen LogP contribution is 2.34. The molecule has 1 aliphatic carbocycles. The summed E-state index contributed by atoms with van der Waals surface area (Å²) in [6.45, 7) is 5.36. The molecule has 210 valence electrons. The van der Waals surface area contributed by atoms with Crippen LogP contribution in [0.1, 0.15) is 75.1 Å². The molecule has 3 heterocycles. The predicted octanol–water partition coefficient (Wildman–Crippen LogP) is 5.22. The number of anilines is 2. The van der Waals surface area contributed by atoms with E-state index in [1.165, 1.54) is 29.0 Å². The lowest BCUT2D eigenvalue weighted by molar-refractivity contribution is 0.0588. The van der Waals surface area contributed by atoms with Gasteiger partial charge in [0, 0.05) is 31.6 Å². The lowest BCUT2D eigenvalue weighted by Gasteiger charge is -2.27. The number of alkyl halides is 2. The van der Waals surface area contributed by atoms with Gasteiger partial charge in [-0.25, -0.2) is 23.5 Å². The van der Waals surface area contributed by atoms with E-state index in [1.807, 2.05) is 0 Å². The highest BCUT2D eigenvalue weighted by atomic mass is 19.3. The molecule has 0 atom stereocenters. The summed E-state index contributed by atoms with van der Waals surface area (Å²) in [5.74, 6) is -0.184. The molecule has 13 heteroatoms. The van der Waals surface area contributed by atoms with Crippen molar-refractivity contribution in [3.63, 3.8) is 0 Å². The van der Waals surface area contributed by atoms with Crippen LogP contribution in [-0.2, 0) is 4.74 Å². The zero-order valence-electron chi connectivity index (χ0n) is 22.2. The first-order chi connectivity index (χ1) is 18.4. The fourth-order valence-electron chi connectivity index (χ4n) is 4.30. The molecule has 39 heavy (non-hydrogen) atoms. The van der Waals surface area contributed by atoms with Crippen LogP contribution in [0.25, 0.3) is 11.5 Å². The van der Waals surface area contributed by atoms with Crippen LogP contribution >= 0.6 is 0 Å². The highest BCUT2D eigenvalue weighted by molar-refractivity contribution is 6.03. The molecule has 0 unspecified atom stereocenters. The van der Waals surface area contributed by atoms with E-state index in [4.69, 9.17) is 9.15 Å². The van der Waals surface area contributed by atoms with Crippen molar-refractivity contribution in [3.8, 4) is 11.5 Å². The van der Waals surface area contributed by atoms with Crippen molar-refractivity contribution in [2.24, 2.45) is 5.92 Å². The quantitative estimate of drug-likeness (QED) is 0.412. The summed E-state index contributed by atoms with van der Waals surface area (Å²) in [5, 5.41) is 15.9.